The Morgan fingerprint density at radius 2 is 1.56 bits per heavy atom. The maximum atomic E-state index is 9.94. The average Bonchev–Trinajstić information content (AvgIpc) is 2.15. The van der Waals surface area contributed by atoms with Crippen LogP contribution in [-0.2, 0) is 5.41 Å². The van der Waals surface area contributed by atoms with Gasteiger partial charge in [-0.2, -0.15) is 0 Å². The van der Waals surface area contributed by atoms with Crippen molar-refractivity contribution in [3.05, 3.63) is 41.5 Å². The Bertz CT molecular complexity index is 533. The molecule has 0 fully saturated rings. The molecule has 0 aromatic heterocycles. The predicted molar refractivity (Wildman–Crippen MR) is 69.0 cm³/mol. The van der Waals surface area contributed by atoms with Gasteiger partial charge < -0.3 is 5.11 Å². The highest BCUT2D eigenvalue weighted by molar-refractivity contribution is 5.92. The van der Waals surface area contributed by atoms with E-state index in [-0.39, 0.29) is 5.41 Å². The van der Waals surface area contributed by atoms with Crippen molar-refractivity contribution in [2.45, 2.75) is 33.1 Å². The first kappa shape index (κ1) is 11.0. The fourth-order valence-electron chi connectivity index (χ4n) is 2.49. The Morgan fingerprint density at radius 1 is 1.00 bits per heavy atom. The minimum Gasteiger partial charge on any atom is -0.507 e. The standard InChI is InChI=1S/C15H18O/c1-10-9-13(16)11-7-5-6-8-12(11)14(10)15(2,3)4/h5-9,16H,1-4H3. The van der Waals surface area contributed by atoms with Gasteiger partial charge in [0, 0.05) is 5.39 Å². The SMILES string of the molecule is Cc1cc(O)c2ccccc2c1C(C)(C)C. The molecule has 1 heteroatoms. The lowest BCUT2D eigenvalue weighted by atomic mass is 9.80. The summed E-state index contributed by atoms with van der Waals surface area (Å²) in [6.45, 7) is 8.68. The van der Waals surface area contributed by atoms with E-state index in [1.165, 1.54) is 5.56 Å². The smallest absolute Gasteiger partial charge is 0.123 e. The van der Waals surface area contributed by atoms with Crippen molar-refractivity contribution in [3.8, 4) is 5.75 Å². The van der Waals surface area contributed by atoms with Crippen LogP contribution in [0.1, 0.15) is 31.9 Å². The summed E-state index contributed by atoms with van der Waals surface area (Å²) < 4.78 is 0. The molecule has 0 radical (unpaired) electrons. The van der Waals surface area contributed by atoms with Gasteiger partial charge in [0.2, 0.25) is 0 Å². The first-order valence-electron chi connectivity index (χ1n) is 5.63. The van der Waals surface area contributed by atoms with Crippen molar-refractivity contribution in [3.63, 3.8) is 0 Å². The highest BCUT2D eigenvalue weighted by Gasteiger charge is 2.20. The molecule has 1 N–H and O–H groups in total. The molecule has 2 rings (SSSR count). The summed E-state index contributed by atoms with van der Waals surface area (Å²) in [7, 11) is 0. The van der Waals surface area contributed by atoms with E-state index in [4.69, 9.17) is 0 Å². The highest BCUT2D eigenvalue weighted by Crippen LogP contribution is 2.37. The Morgan fingerprint density at radius 3 is 2.12 bits per heavy atom. The van der Waals surface area contributed by atoms with Crippen LogP contribution in [0.2, 0.25) is 0 Å². The van der Waals surface area contributed by atoms with Crippen molar-refractivity contribution >= 4 is 10.8 Å². The normalized spacial score (nSPS) is 12.0. The lowest BCUT2D eigenvalue weighted by Gasteiger charge is -2.24. The molecule has 16 heavy (non-hydrogen) atoms. The minimum absolute atomic E-state index is 0.0946. The van der Waals surface area contributed by atoms with E-state index in [0.29, 0.717) is 5.75 Å². The van der Waals surface area contributed by atoms with E-state index in [1.807, 2.05) is 24.3 Å². The lowest BCUT2D eigenvalue weighted by Crippen LogP contribution is -2.13. The first-order chi connectivity index (χ1) is 7.41. The van der Waals surface area contributed by atoms with Crippen LogP contribution in [0.4, 0.5) is 0 Å². The first-order valence-corrected chi connectivity index (χ1v) is 5.63. The maximum absolute atomic E-state index is 9.94. The van der Waals surface area contributed by atoms with E-state index < -0.39 is 0 Å². The average molecular weight is 214 g/mol. The molecule has 1 nitrogen and oxygen atoms in total. The second-order valence-electron chi connectivity index (χ2n) is 5.38. The highest BCUT2D eigenvalue weighted by atomic mass is 16.3. The van der Waals surface area contributed by atoms with Gasteiger partial charge in [0.25, 0.3) is 0 Å². The van der Waals surface area contributed by atoms with Crippen molar-refractivity contribution in [2.24, 2.45) is 0 Å². The number of fused-ring (bicyclic) bond motifs is 1. The molecule has 0 saturated carbocycles. The van der Waals surface area contributed by atoms with Gasteiger partial charge in [-0.25, -0.2) is 0 Å². The zero-order chi connectivity index (χ0) is 11.9. The van der Waals surface area contributed by atoms with Gasteiger partial charge in [-0.15, -0.1) is 0 Å². The summed E-state index contributed by atoms with van der Waals surface area (Å²) in [4.78, 5) is 0. The maximum Gasteiger partial charge on any atom is 0.123 e. The summed E-state index contributed by atoms with van der Waals surface area (Å²) in [5, 5.41) is 12.0. The summed E-state index contributed by atoms with van der Waals surface area (Å²) in [5.74, 6) is 0.376. The van der Waals surface area contributed by atoms with Crippen LogP contribution in [-0.4, -0.2) is 5.11 Å². The van der Waals surface area contributed by atoms with E-state index >= 15 is 0 Å². The summed E-state index contributed by atoms with van der Waals surface area (Å²) >= 11 is 0. The second-order valence-corrected chi connectivity index (χ2v) is 5.38. The van der Waals surface area contributed by atoms with Crippen molar-refractivity contribution in [2.75, 3.05) is 0 Å². The van der Waals surface area contributed by atoms with E-state index in [0.717, 1.165) is 16.3 Å². The molecule has 0 aliphatic rings. The zero-order valence-corrected chi connectivity index (χ0v) is 10.3. The van der Waals surface area contributed by atoms with Gasteiger partial charge in [0.15, 0.2) is 0 Å². The van der Waals surface area contributed by atoms with E-state index in [1.54, 1.807) is 0 Å². The topological polar surface area (TPSA) is 20.2 Å². The third-order valence-electron chi connectivity index (χ3n) is 2.97. The Labute approximate surface area is 96.7 Å². The van der Waals surface area contributed by atoms with Crippen LogP contribution >= 0.6 is 0 Å². The van der Waals surface area contributed by atoms with Crippen molar-refractivity contribution < 1.29 is 5.11 Å². The Balaban J connectivity index is 2.93. The number of phenolic OH excluding ortho intramolecular Hbond substituents is 1. The van der Waals surface area contributed by atoms with Crippen molar-refractivity contribution in [1.82, 2.24) is 0 Å². The molecule has 0 spiro atoms. The molecule has 84 valence electrons. The largest absolute Gasteiger partial charge is 0.507 e. The molecule has 0 saturated heterocycles. The van der Waals surface area contributed by atoms with E-state index in [9.17, 15) is 5.11 Å². The molecule has 0 amide bonds. The molecule has 0 aliphatic heterocycles. The van der Waals surface area contributed by atoms with Gasteiger partial charge in [-0.05, 0) is 34.9 Å². The number of hydrogen-bond acceptors (Lipinski definition) is 1. The van der Waals surface area contributed by atoms with Crippen LogP contribution in [0.25, 0.3) is 10.8 Å². The van der Waals surface area contributed by atoms with Crippen LogP contribution in [0.15, 0.2) is 30.3 Å². The van der Waals surface area contributed by atoms with E-state index in [2.05, 4.69) is 33.8 Å². The second kappa shape index (κ2) is 3.51. The van der Waals surface area contributed by atoms with Crippen LogP contribution in [0, 0.1) is 6.92 Å². The molecule has 2 aromatic carbocycles. The fraction of sp³-hybridized carbons (Fsp3) is 0.333. The van der Waals surface area contributed by atoms with Crippen LogP contribution in [0.5, 0.6) is 5.75 Å². The molecular formula is C15H18O. The number of phenols is 1. The Hall–Kier alpha value is -1.50. The summed E-state index contributed by atoms with van der Waals surface area (Å²) in [6, 6.07) is 9.91. The third kappa shape index (κ3) is 1.67. The molecule has 0 bridgehead atoms. The summed E-state index contributed by atoms with van der Waals surface area (Å²) in [6.07, 6.45) is 0. The molecule has 0 aliphatic carbocycles. The van der Waals surface area contributed by atoms with Gasteiger partial charge in [-0.3, -0.25) is 0 Å². The number of rotatable bonds is 0. The quantitative estimate of drug-likeness (QED) is 0.698. The van der Waals surface area contributed by atoms with Gasteiger partial charge >= 0.3 is 0 Å². The molecule has 2 aromatic rings. The number of aromatic hydroxyl groups is 1. The molecular weight excluding hydrogens is 196 g/mol. The third-order valence-corrected chi connectivity index (χ3v) is 2.97. The molecule has 0 unspecified atom stereocenters. The van der Waals surface area contributed by atoms with Gasteiger partial charge in [-0.1, -0.05) is 45.0 Å². The Kier molecular flexibility index (Phi) is 2.42. The minimum atomic E-state index is 0.0946. The van der Waals surface area contributed by atoms with Crippen molar-refractivity contribution in [1.29, 1.82) is 0 Å². The number of aryl methyl sites for hydroxylation is 1. The monoisotopic (exact) mass is 214 g/mol. The zero-order valence-electron chi connectivity index (χ0n) is 10.3. The van der Waals surface area contributed by atoms with Gasteiger partial charge in [0.05, 0.1) is 0 Å². The summed E-state index contributed by atoms with van der Waals surface area (Å²) in [5.41, 5.74) is 2.57. The molecule has 0 heterocycles. The fourth-order valence-corrected chi connectivity index (χ4v) is 2.49. The van der Waals surface area contributed by atoms with Crippen LogP contribution in [0.3, 0.4) is 0 Å². The molecule has 0 atom stereocenters. The number of hydrogen-bond donors (Lipinski definition) is 1. The van der Waals surface area contributed by atoms with Gasteiger partial charge in [0.1, 0.15) is 5.75 Å². The predicted octanol–water partition coefficient (Wildman–Crippen LogP) is 4.15. The number of benzene rings is 2. The lowest BCUT2D eigenvalue weighted by molar-refractivity contribution is 0.480. The van der Waals surface area contributed by atoms with Crippen LogP contribution < -0.4 is 0 Å².